The zero-order chi connectivity index (χ0) is 9.19. The molecule has 1 heterocycles. The molecular formula is C7H14N2O2S. The van der Waals surface area contributed by atoms with Crippen molar-refractivity contribution in [3.8, 4) is 0 Å². The number of hydrogen-bond donors (Lipinski definition) is 3. The first-order valence-electron chi connectivity index (χ1n) is 3.90. The van der Waals surface area contributed by atoms with Crippen molar-refractivity contribution >= 4 is 17.7 Å². The lowest BCUT2D eigenvalue weighted by Gasteiger charge is -2.35. The predicted molar refractivity (Wildman–Crippen MR) is 48.7 cm³/mol. The van der Waals surface area contributed by atoms with Crippen LogP contribution in [-0.4, -0.2) is 34.2 Å². The zero-order valence-electron chi connectivity index (χ0n) is 6.82. The lowest BCUT2D eigenvalue weighted by Crippen LogP contribution is -2.58. The largest absolute Gasteiger partial charge is 0.381 e. The summed E-state index contributed by atoms with van der Waals surface area (Å²) in [6.07, 6.45) is 0.113. The Kier molecular flexibility index (Phi) is 2.98. The molecule has 1 amide bonds. The molecule has 1 aliphatic rings. The van der Waals surface area contributed by atoms with Gasteiger partial charge in [0.15, 0.2) is 0 Å². The monoisotopic (exact) mass is 190 g/mol. The van der Waals surface area contributed by atoms with Crippen LogP contribution in [0.1, 0.15) is 12.8 Å². The lowest BCUT2D eigenvalue weighted by atomic mass is 9.87. The van der Waals surface area contributed by atoms with Gasteiger partial charge in [-0.1, -0.05) is 0 Å². The molecule has 0 aromatic heterocycles. The molecule has 1 unspecified atom stereocenters. The van der Waals surface area contributed by atoms with Gasteiger partial charge in [0.2, 0.25) is 5.91 Å². The van der Waals surface area contributed by atoms with E-state index in [1.807, 2.05) is 0 Å². The molecule has 1 atom stereocenters. The fraction of sp³-hybridized carbons (Fsp3) is 0.857. The summed E-state index contributed by atoms with van der Waals surface area (Å²) in [4.78, 5) is 10.7. The molecule has 1 saturated heterocycles. The third-order valence-electron chi connectivity index (χ3n) is 2.24. The van der Waals surface area contributed by atoms with E-state index in [1.54, 1.807) is 11.8 Å². The van der Waals surface area contributed by atoms with Gasteiger partial charge >= 0.3 is 0 Å². The Morgan fingerprint density at radius 3 is 2.42 bits per heavy atom. The average Bonchev–Trinajstić information content (AvgIpc) is 2.04. The molecule has 1 aliphatic heterocycles. The molecule has 0 spiro atoms. The molecule has 5 heteroatoms. The molecule has 1 fully saturated rings. The highest BCUT2D eigenvalue weighted by Gasteiger charge is 2.38. The minimum absolute atomic E-state index is 0.655. The third kappa shape index (κ3) is 1.91. The Morgan fingerprint density at radius 1 is 1.50 bits per heavy atom. The second kappa shape index (κ2) is 3.64. The molecule has 0 radical (unpaired) electrons. The number of aliphatic hydroxyl groups is 1. The molecule has 5 N–H and O–H groups in total. The summed E-state index contributed by atoms with van der Waals surface area (Å²) in [6, 6.07) is 0. The van der Waals surface area contributed by atoms with Crippen molar-refractivity contribution in [3.05, 3.63) is 0 Å². The van der Waals surface area contributed by atoms with Crippen LogP contribution < -0.4 is 11.5 Å². The Morgan fingerprint density at radius 2 is 2.00 bits per heavy atom. The smallest absolute Gasteiger partial charge is 0.248 e. The van der Waals surface area contributed by atoms with E-state index in [-0.39, 0.29) is 0 Å². The second-order valence-electron chi connectivity index (χ2n) is 3.15. The van der Waals surface area contributed by atoms with Crippen LogP contribution in [0.3, 0.4) is 0 Å². The SMILES string of the molecule is NC(=O)C(O)C1(N)CCSCC1. The standard InChI is InChI=1S/C7H14N2O2S/c8-6(11)5(10)7(9)1-3-12-4-2-7/h5,10H,1-4,9H2,(H2,8,11). The number of carbonyl (C=O) groups excluding carboxylic acids is 1. The predicted octanol–water partition coefficient (Wildman–Crippen LogP) is -0.943. The summed E-state index contributed by atoms with van der Waals surface area (Å²) < 4.78 is 0. The van der Waals surface area contributed by atoms with Crippen LogP contribution in [0.15, 0.2) is 0 Å². The van der Waals surface area contributed by atoms with E-state index in [0.29, 0.717) is 12.8 Å². The van der Waals surface area contributed by atoms with E-state index >= 15 is 0 Å². The summed E-state index contributed by atoms with van der Waals surface area (Å²) in [7, 11) is 0. The van der Waals surface area contributed by atoms with Crippen molar-refractivity contribution in [1.82, 2.24) is 0 Å². The first-order valence-corrected chi connectivity index (χ1v) is 5.06. The van der Waals surface area contributed by atoms with Crippen LogP contribution in [-0.2, 0) is 4.79 Å². The lowest BCUT2D eigenvalue weighted by molar-refractivity contribution is -0.129. The van der Waals surface area contributed by atoms with Gasteiger partial charge < -0.3 is 16.6 Å². The molecule has 0 saturated carbocycles. The van der Waals surface area contributed by atoms with E-state index in [9.17, 15) is 9.90 Å². The van der Waals surface area contributed by atoms with Crippen molar-refractivity contribution in [2.24, 2.45) is 11.5 Å². The van der Waals surface area contributed by atoms with Crippen molar-refractivity contribution in [2.75, 3.05) is 11.5 Å². The first kappa shape index (κ1) is 9.83. The number of carbonyl (C=O) groups is 1. The fourth-order valence-corrected chi connectivity index (χ4v) is 2.56. The maximum absolute atomic E-state index is 10.7. The van der Waals surface area contributed by atoms with Gasteiger partial charge in [-0.25, -0.2) is 0 Å². The molecule has 70 valence electrons. The molecule has 12 heavy (non-hydrogen) atoms. The van der Waals surface area contributed by atoms with Gasteiger partial charge in [-0.2, -0.15) is 11.8 Å². The first-order chi connectivity index (χ1) is 5.56. The van der Waals surface area contributed by atoms with Crippen molar-refractivity contribution in [2.45, 2.75) is 24.5 Å². The van der Waals surface area contributed by atoms with Crippen molar-refractivity contribution in [3.63, 3.8) is 0 Å². The number of thioether (sulfide) groups is 1. The van der Waals surface area contributed by atoms with E-state index in [0.717, 1.165) is 11.5 Å². The second-order valence-corrected chi connectivity index (χ2v) is 4.38. The molecule has 1 rings (SSSR count). The maximum Gasteiger partial charge on any atom is 0.248 e. The molecular weight excluding hydrogens is 176 g/mol. The van der Waals surface area contributed by atoms with Gasteiger partial charge in [-0.15, -0.1) is 0 Å². The van der Waals surface area contributed by atoms with E-state index < -0.39 is 17.6 Å². The quantitative estimate of drug-likeness (QED) is 0.524. The van der Waals surface area contributed by atoms with Crippen LogP contribution in [0, 0.1) is 0 Å². The highest BCUT2D eigenvalue weighted by Crippen LogP contribution is 2.27. The number of amides is 1. The van der Waals surface area contributed by atoms with E-state index in [2.05, 4.69) is 0 Å². The zero-order valence-corrected chi connectivity index (χ0v) is 7.64. The summed E-state index contributed by atoms with van der Waals surface area (Å²) in [5.41, 5.74) is 10.0. The minimum Gasteiger partial charge on any atom is -0.381 e. The normalized spacial score (nSPS) is 24.8. The summed E-state index contributed by atoms with van der Waals surface area (Å²) in [5.74, 6) is 1.06. The summed E-state index contributed by atoms with van der Waals surface area (Å²) in [6.45, 7) is 0. The maximum atomic E-state index is 10.7. The van der Waals surface area contributed by atoms with Gasteiger partial charge in [0.25, 0.3) is 0 Å². The molecule has 0 aliphatic carbocycles. The third-order valence-corrected chi connectivity index (χ3v) is 3.22. The van der Waals surface area contributed by atoms with Crippen LogP contribution >= 0.6 is 11.8 Å². The summed E-state index contributed by atoms with van der Waals surface area (Å²) in [5, 5.41) is 9.40. The van der Waals surface area contributed by atoms with E-state index in [1.165, 1.54) is 0 Å². The van der Waals surface area contributed by atoms with Gasteiger partial charge in [-0.05, 0) is 24.3 Å². The number of hydrogen-bond acceptors (Lipinski definition) is 4. The Hall–Kier alpha value is -0.260. The Labute approximate surface area is 75.7 Å². The Bertz CT molecular complexity index is 180. The molecule has 4 nitrogen and oxygen atoms in total. The highest BCUT2D eigenvalue weighted by atomic mass is 32.2. The minimum atomic E-state index is -1.20. The number of primary amides is 1. The van der Waals surface area contributed by atoms with Crippen molar-refractivity contribution in [1.29, 1.82) is 0 Å². The van der Waals surface area contributed by atoms with Crippen LogP contribution in [0.5, 0.6) is 0 Å². The highest BCUT2D eigenvalue weighted by molar-refractivity contribution is 7.99. The van der Waals surface area contributed by atoms with Gasteiger partial charge in [0.05, 0.1) is 5.54 Å². The average molecular weight is 190 g/mol. The van der Waals surface area contributed by atoms with Gasteiger partial charge in [0.1, 0.15) is 6.10 Å². The number of nitrogens with two attached hydrogens (primary N) is 2. The van der Waals surface area contributed by atoms with Crippen LogP contribution in [0.2, 0.25) is 0 Å². The Balaban J connectivity index is 2.62. The number of rotatable bonds is 2. The van der Waals surface area contributed by atoms with Crippen LogP contribution in [0.4, 0.5) is 0 Å². The fourth-order valence-electron chi connectivity index (χ4n) is 1.31. The topological polar surface area (TPSA) is 89.3 Å². The van der Waals surface area contributed by atoms with E-state index in [4.69, 9.17) is 11.5 Å². The number of aliphatic hydroxyl groups excluding tert-OH is 1. The molecule has 0 aromatic rings. The molecule has 0 bridgehead atoms. The van der Waals surface area contributed by atoms with Gasteiger partial charge in [0, 0.05) is 0 Å². The summed E-state index contributed by atoms with van der Waals surface area (Å²) >= 11 is 1.78. The van der Waals surface area contributed by atoms with Crippen molar-refractivity contribution < 1.29 is 9.90 Å². The van der Waals surface area contributed by atoms with Gasteiger partial charge in [-0.3, -0.25) is 4.79 Å². The van der Waals surface area contributed by atoms with Crippen LogP contribution in [0.25, 0.3) is 0 Å². The molecule has 0 aromatic carbocycles.